The predicted octanol–water partition coefficient (Wildman–Crippen LogP) is 2.10. The van der Waals surface area contributed by atoms with E-state index in [-0.39, 0.29) is 0 Å². The van der Waals surface area contributed by atoms with Crippen LogP contribution in [-0.2, 0) is 7.05 Å². The first-order valence-corrected chi connectivity index (χ1v) is 5.99. The molecule has 0 atom stereocenters. The first kappa shape index (κ1) is 10.7. The monoisotopic (exact) mass is 226 g/mol. The lowest BCUT2D eigenvalue weighted by molar-refractivity contribution is 0.390. The molecule has 0 unspecified atom stereocenters. The molecule has 0 spiro atoms. The third-order valence-corrected chi connectivity index (χ3v) is 3.70. The van der Waals surface area contributed by atoms with E-state index in [0.717, 1.165) is 25.0 Å². The Morgan fingerprint density at radius 2 is 2.13 bits per heavy atom. The zero-order valence-corrected chi connectivity index (χ0v) is 10.2. The Bertz CT molecular complexity index is 373. The molecule has 0 bridgehead atoms. The summed E-state index contributed by atoms with van der Waals surface area (Å²) in [6.45, 7) is 4.48. The molecule has 0 aromatic carbocycles. The molecule has 0 amide bonds. The molecule has 1 fully saturated rings. The lowest BCUT2D eigenvalue weighted by Gasteiger charge is -2.31. The predicted molar refractivity (Wildman–Crippen MR) is 63.6 cm³/mol. The van der Waals surface area contributed by atoms with Crippen molar-refractivity contribution >= 4 is 18.2 Å². The van der Waals surface area contributed by atoms with Crippen LogP contribution in [0.1, 0.15) is 26.2 Å². The van der Waals surface area contributed by atoms with Gasteiger partial charge in [0.2, 0.25) is 5.95 Å². The van der Waals surface area contributed by atoms with Crippen molar-refractivity contribution in [1.29, 1.82) is 0 Å². The summed E-state index contributed by atoms with van der Waals surface area (Å²) in [6.07, 6.45) is 3.85. The summed E-state index contributed by atoms with van der Waals surface area (Å²) in [4.78, 5) is 2.32. The van der Waals surface area contributed by atoms with Crippen LogP contribution in [0.25, 0.3) is 0 Å². The van der Waals surface area contributed by atoms with E-state index < -0.39 is 0 Å². The van der Waals surface area contributed by atoms with E-state index >= 15 is 0 Å². The zero-order chi connectivity index (χ0) is 10.8. The Kier molecular flexibility index (Phi) is 3.09. The highest BCUT2D eigenvalue weighted by atomic mass is 32.1. The maximum absolute atomic E-state index is 5.11. The van der Waals surface area contributed by atoms with E-state index in [2.05, 4.69) is 22.0 Å². The van der Waals surface area contributed by atoms with E-state index in [1.54, 1.807) is 0 Å². The van der Waals surface area contributed by atoms with Crippen molar-refractivity contribution in [2.75, 3.05) is 18.0 Å². The summed E-state index contributed by atoms with van der Waals surface area (Å²) in [7, 11) is 1.97. The summed E-state index contributed by atoms with van der Waals surface area (Å²) in [6, 6.07) is 0. The summed E-state index contributed by atoms with van der Waals surface area (Å²) in [5.74, 6) is 1.88. The minimum atomic E-state index is 0.697. The number of rotatable bonds is 2. The molecule has 1 aliphatic rings. The average molecular weight is 226 g/mol. The largest absolute Gasteiger partial charge is 0.341 e. The van der Waals surface area contributed by atoms with Crippen molar-refractivity contribution in [1.82, 2.24) is 14.8 Å². The molecule has 0 saturated carbocycles. The Morgan fingerprint density at radius 3 is 2.60 bits per heavy atom. The molecule has 1 saturated heterocycles. The third-order valence-electron chi connectivity index (χ3n) is 3.33. The van der Waals surface area contributed by atoms with Gasteiger partial charge in [0.1, 0.15) is 0 Å². The highest BCUT2D eigenvalue weighted by molar-refractivity contribution is 7.71. The Hall–Kier alpha value is -0.840. The number of nitrogens with one attached hydrogen (secondary N) is 1. The van der Waals surface area contributed by atoms with Gasteiger partial charge >= 0.3 is 0 Å². The van der Waals surface area contributed by atoms with Crippen molar-refractivity contribution in [3.05, 3.63) is 4.77 Å². The van der Waals surface area contributed by atoms with Gasteiger partial charge in [-0.2, -0.15) is 0 Å². The summed E-state index contributed by atoms with van der Waals surface area (Å²) >= 11 is 5.11. The molecular weight excluding hydrogens is 208 g/mol. The minimum absolute atomic E-state index is 0.697. The lowest BCUT2D eigenvalue weighted by atomic mass is 9.95. The normalized spacial score (nSPS) is 18.4. The van der Waals surface area contributed by atoms with Crippen molar-refractivity contribution < 1.29 is 0 Å². The fraction of sp³-hybridized carbons (Fsp3) is 0.800. The standard InChI is InChI=1S/C10H18N4S/c1-3-8-4-6-14(7-5-8)9-11-12-10(15)13(9)2/h8H,3-7H2,1-2H3,(H,12,15). The second-order valence-corrected chi connectivity index (χ2v) is 4.61. The van der Waals surface area contributed by atoms with E-state index in [4.69, 9.17) is 12.2 Å². The van der Waals surface area contributed by atoms with Gasteiger partial charge in [0.05, 0.1) is 0 Å². The first-order chi connectivity index (χ1) is 7.22. The Balaban J connectivity index is 2.07. The summed E-state index contributed by atoms with van der Waals surface area (Å²) < 4.78 is 2.64. The average Bonchev–Trinajstić information content (AvgIpc) is 2.60. The SMILES string of the molecule is CCC1CCN(c2n[nH]c(=S)n2C)CC1. The minimum Gasteiger partial charge on any atom is -0.341 e. The second kappa shape index (κ2) is 4.35. The van der Waals surface area contributed by atoms with E-state index in [0.29, 0.717) is 4.77 Å². The number of piperidine rings is 1. The van der Waals surface area contributed by atoms with Crippen LogP contribution in [0.4, 0.5) is 5.95 Å². The van der Waals surface area contributed by atoms with Gasteiger partial charge in [0.25, 0.3) is 0 Å². The molecule has 0 aliphatic carbocycles. The van der Waals surface area contributed by atoms with Crippen molar-refractivity contribution in [2.24, 2.45) is 13.0 Å². The molecule has 2 rings (SSSR count). The topological polar surface area (TPSA) is 36.9 Å². The molecule has 1 N–H and O–H groups in total. The van der Waals surface area contributed by atoms with Gasteiger partial charge in [-0.1, -0.05) is 13.3 Å². The van der Waals surface area contributed by atoms with Crippen LogP contribution in [0.5, 0.6) is 0 Å². The van der Waals surface area contributed by atoms with Crippen molar-refractivity contribution in [3.8, 4) is 0 Å². The number of hydrogen-bond acceptors (Lipinski definition) is 3. The highest BCUT2D eigenvalue weighted by Gasteiger charge is 2.20. The summed E-state index contributed by atoms with van der Waals surface area (Å²) in [5.41, 5.74) is 0. The maximum atomic E-state index is 5.11. The van der Waals surface area contributed by atoms with Crippen molar-refractivity contribution in [2.45, 2.75) is 26.2 Å². The van der Waals surface area contributed by atoms with Crippen LogP contribution in [0, 0.1) is 10.7 Å². The maximum Gasteiger partial charge on any atom is 0.225 e. The van der Waals surface area contributed by atoms with Crippen LogP contribution in [-0.4, -0.2) is 27.9 Å². The fourth-order valence-electron chi connectivity index (χ4n) is 2.16. The fourth-order valence-corrected chi connectivity index (χ4v) is 2.29. The number of hydrogen-bond donors (Lipinski definition) is 1. The van der Waals surface area contributed by atoms with Gasteiger partial charge in [0, 0.05) is 20.1 Å². The van der Waals surface area contributed by atoms with E-state index in [1.807, 2.05) is 11.6 Å². The van der Waals surface area contributed by atoms with Gasteiger partial charge in [0.15, 0.2) is 4.77 Å². The number of anilines is 1. The lowest BCUT2D eigenvalue weighted by Crippen LogP contribution is -2.35. The molecule has 84 valence electrons. The summed E-state index contributed by atoms with van der Waals surface area (Å²) in [5, 5.41) is 7.10. The van der Waals surface area contributed by atoms with Gasteiger partial charge in [-0.25, -0.2) is 5.10 Å². The van der Waals surface area contributed by atoms with E-state index in [1.165, 1.54) is 19.3 Å². The smallest absolute Gasteiger partial charge is 0.225 e. The number of aromatic amines is 1. The molecule has 1 aromatic heterocycles. The van der Waals surface area contributed by atoms with Gasteiger partial charge < -0.3 is 4.90 Å². The molecule has 5 heteroatoms. The number of nitrogens with zero attached hydrogens (tertiary/aromatic N) is 3. The Morgan fingerprint density at radius 1 is 1.47 bits per heavy atom. The second-order valence-electron chi connectivity index (χ2n) is 4.23. The first-order valence-electron chi connectivity index (χ1n) is 5.58. The van der Waals surface area contributed by atoms with Crippen LogP contribution >= 0.6 is 12.2 Å². The molecule has 0 radical (unpaired) electrons. The van der Waals surface area contributed by atoms with Crippen LogP contribution < -0.4 is 4.90 Å². The van der Waals surface area contributed by atoms with Crippen LogP contribution in [0.3, 0.4) is 0 Å². The molecule has 2 heterocycles. The number of aromatic nitrogens is 3. The van der Waals surface area contributed by atoms with Gasteiger partial charge in [-0.15, -0.1) is 5.10 Å². The quantitative estimate of drug-likeness (QED) is 0.785. The molecule has 4 nitrogen and oxygen atoms in total. The third kappa shape index (κ3) is 2.07. The molecule has 1 aromatic rings. The molecule has 1 aliphatic heterocycles. The molecule has 15 heavy (non-hydrogen) atoms. The van der Waals surface area contributed by atoms with E-state index in [9.17, 15) is 0 Å². The van der Waals surface area contributed by atoms with Crippen LogP contribution in [0.2, 0.25) is 0 Å². The van der Waals surface area contributed by atoms with Gasteiger partial charge in [-0.05, 0) is 31.0 Å². The van der Waals surface area contributed by atoms with Gasteiger partial charge in [-0.3, -0.25) is 4.57 Å². The molecular formula is C10H18N4S. The zero-order valence-electron chi connectivity index (χ0n) is 9.36. The van der Waals surface area contributed by atoms with Crippen LogP contribution in [0.15, 0.2) is 0 Å². The van der Waals surface area contributed by atoms with Crippen molar-refractivity contribution in [3.63, 3.8) is 0 Å². The Labute approximate surface area is 95.3 Å². The highest BCUT2D eigenvalue weighted by Crippen LogP contribution is 2.23. The number of H-pyrrole nitrogens is 1.